The minimum atomic E-state index is -0.714. The number of halogens is 2. The summed E-state index contributed by atoms with van der Waals surface area (Å²) in [7, 11) is 0. The van der Waals surface area contributed by atoms with Crippen LogP contribution in [0.5, 0.6) is 0 Å². The van der Waals surface area contributed by atoms with Crippen molar-refractivity contribution in [2.45, 2.75) is 44.9 Å². The third-order valence-corrected chi connectivity index (χ3v) is 6.16. The Labute approximate surface area is 194 Å². The van der Waals surface area contributed by atoms with Gasteiger partial charge in [0.05, 0.1) is 30.6 Å². The molecule has 8 nitrogen and oxygen atoms in total. The van der Waals surface area contributed by atoms with Gasteiger partial charge in [-0.3, -0.25) is 4.68 Å². The van der Waals surface area contributed by atoms with Crippen LogP contribution >= 0.6 is 0 Å². The van der Waals surface area contributed by atoms with E-state index >= 15 is 0 Å². The van der Waals surface area contributed by atoms with E-state index < -0.39 is 11.6 Å². The van der Waals surface area contributed by atoms with Gasteiger partial charge in [0.15, 0.2) is 5.65 Å². The first kappa shape index (κ1) is 21.0. The monoisotopic (exact) mass is 463 g/mol. The van der Waals surface area contributed by atoms with E-state index in [1.165, 1.54) is 12.1 Å². The van der Waals surface area contributed by atoms with Crippen molar-refractivity contribution < 1.29 is 13.5 Å². The van der Waals surface area contributed by atoms with Crippen LogP contribution in [-0.2, 0) is 4.74 Å². The number of aromatic nitrogens is 6. The first-order valence-electron chi connectivity index (χ1n) is 11.4. The maximum absolute atomic E-state index is 14.7. The Kier molecular flexibility index (Phi) is 4.98. The van der Waals surface area contributed by atoms with Gasteiger partial charge in [0.1, 0.15) is 28.9 Å². The van der Waals surface area contributed by atoms with Crippen molar-refractivity contribution in [1.29, 1.82) is 0 Å². The number of ether oxygens (including phenoxy) is 1. The fourth-order valence-corrected chi connectivity index (χ4v) is 4.35. The summed E-state index contributed by atoms with van der Waals surface area (Å²) in [4.78, 5) is 20.3. The lowest BCUT2D eigenvalue weighted by Crippen LogP contribution is -2.43. The Morgan fingerprint density at radius 3 is 2.71 bits per heavy atom. The van der Waals surface area contributed by atoms with Crippen molar-refractivity contribution in [2.24, 2.45) is 0 Å². The molecule has 4 heterocycles. The van der Waals surface area contributed by atoms with Crippen LogP contribution in [0.2, 0.25) is 0 Å². The molecule has 10 heteroatoms. The van der Waals surface area contributed by atoms with E-state index in [1.54, 1.807) is 6.20 Å². The molecule has 1 saturated carbocycles. The number of anilines is 1. The highest BCUT2D eigenvalue weighted by molar-refractivity contribution is 5.88. The Hall–Kier alpha value is -3.53. The van der Waals surface area contributed by atoms with Crippen molar-refractivity contribution in [2.75, 3.05) is 18.0 Å². The normalized spacial score (nSPS) is 20.8. The van der Waals surface area contributed by atoms with Gasteiger partial charge >= 0.3 is 0 Å². The van der Waals surface area contributed by atoms with Gasteiger partial charge < -0.3 is 9.64 Å². The van der Waals surface area contributed by atoms with Crippen molar-refractivity contribution in [1.82, 2.24) is 29.7 Å². The molecule has 4 aromatic rings. The molecule has 2 fully saturated rings. The van der Waals surface area contributed by atoms with E-state index in [4.69, 9.17) is 9.72 Å². The van der Waals surface area contributed by atoms with E-state index in [1.807, 2.05) is 35.8 Å². The Bertz CT molecular complexity index is 1390. The quantitative estimate of drug-likeness (QED) is 0.449. The summed E-state index contributed by atoms with van der Waals surface area (Å²) in [6.07, 6.45) is 7.51. The maximum Gasteiger partial charge on any atom is 0.228 e. The molecule has 34 heavy (non-hydrogen) atoms. The molecule has 0 radical (unpaired) electrons. The number of nitrogens with zero attached hydrogens (tertiary/aromatic N) is 7. The summed E-state index contributed by atoms with van der Waals surface area (Å²) in [5.74, 6) is -0.965. The molecule has 6 rings (SSSR count). The third kappa shape index (κ3) is 3.87. The zero-order valence-electron chi connectivity index (χ0n) is 18.8. The summed E-state index contributed by atoms with van der Waals surface area (Å²) < 4.78 is 36.5. The van der Waals surface area contributed by atoms with E-state index in [-0.39, 0.29) is 23.5 Å². The molecule has 0 amide bonds. The van der Waals surface area contributed by atoms with Gasteiger partial charge in [0.25, 0.3) is 0 Å². The molecule has 2 unspecified atom stereocenters. The smallest absolute Gasteiger partial charge is 0.228 e. The van der Waals surface area contributed by atoms with Gasteiger partial charge in [0, 0.05) is 36.1 Å². The first-order valence-corrected chi connectivity index (χ1v) is 11.4. The molecule has 0 N–H and O–H groups in total. The predicted molar refractivity (Wildman–Crippen MR) is 121 cm³/mol. The van der Waals surface area contributed by atoms with E-state index in [0.29, 0.717) is 41.9 Å². The molecule has 174 valence electrons. The Balaban J connectivity index is 1.41. The molecule has 1 aromatic carbocycles. The molecule has 0 bridgehead atoms. The van der Waals surface area contributed by atoms with Crippen LogP contribution in [0.1, 0.15) is 43.2 Å². The molecule has 1 saturated heterocycles. The highest BCUT2D eigenvalue weighted by atomic mass is 19.1. The van der Waals surface area contributed by atoms with E-state index in [9.17, 15) is 8.78 Å². The zero-order chi connectivity index (χ0) is 23.4. The number of fused-ring (bicyclic) bond motifs is 1. The summed E-state index contributed by atoms with van der Waals surface area (Å²) in [6, 6.07) is 3.91. The zero-order valence-corrected chi connectivity index (χ0v) is 18.8. The lowest BCUT2D eigenvalue weighted by Gasteiger charge is -2.36. The SMILES string of the molecule is Cc1cnc2c(-c3ccc(F)cc3F)nc(N3CC(C)OC(c4cnn(C5CC5)c4)C3)nc2n1. The number of hydrogen-bond acceptors (Lipinski definition) is 7. The van der Waals surface area contributed by atoms with Crippen LogP contribution in [0, 0.1) is 18.6 Å². The van der Waals surface area contributed by atoms with Crippen LogP contribution in [0.4, 0.5) is 14.7 Å². The predicted octanol–water partition coefficient (Wildman–Crippen LogP) is 4.17. The fourth-order valence-electron chi connectivity index (χ4n) is 4.35. The minimum absolute atomic E-state index is 0.0862. The fraction of sp³-hybridized carbons (Fsp3) is 0.375. The molecule has 2 aliphatic rings. The van der Waals surface area contributed by atoms with Crippen LogP contribution in [-0.4, -0.2) is 48.9 Å². The van der Waals surface area contributed by atoms with Crippen molar-refractivity contribution in [3.8, 4) is 11.3 Å². The Morgan fingerprint density at radius 2 is 1.91 bits per heavy atom. The number of rotatable bonds is 4. The average Bonchev–Trinajstić information content (AvgIpc) is 3.54. The second-order valence-electron chi connectivity index (χ2n) is 9.01. The number of hydrogen-bond donors (Lipinski definition) is 0. The highest BCUT2D eigenvalue weighted by Crippen LogP contribution is 2.36. The highest BCUT2D eigenvalue weighted by Gasteiger charge is 2.31. The second-order valence-corrected chi connectivity index (χ2v) is 9.01. The van der Waals surface area contributed by atoms with Crippen molar-refractivity contribution >= 4 is 17.1 Å². The largest absolute Gasteiger partial charge is 0.367 e. The summed E-state index contributed by atoms with van der Waals surface area (Å²) in [6.45, 7) is 4.88. The minimum Gasteiger partial charge on any atom is -0.367 e. The van der Waals surface area contributed by atoms with E-state index in [2.05, 4.69) is 20.1 Å². The van der Waals surface area contributed by atoms with Crippen molar-refractivity contribution in [3.05, 3.63) is 59.7 Å². The molecule has 1 aliphatic carbocycles. The Morgan fingerprint density at radius 1 is 1.06 bits per heavy atom. The van der Waals surface area contributed by atoms with Gasteiger partial charge in [-0.05, 0) is 38.8 Å². The van der Waals surface area contributed by atoms with Gasteiger partial charge in [-0.1, -0.05) is 0 Å². The third-order valence-electron chi connectivity index (χ3n) is 6.16. The van der Waals surface area contributed by atoms with Crippen LogP contribution in [0.3, 0.4) is 0 Å². The van der Waals surface area contributed by atoms with Crippen LogP contribution in [0.15, 0.2) is 36.8 Å². The van der Waals surface area contributed by atoms with Gasteiger partial charge in [-0.25, -0.2) is 23.7 Å². The molecule has 2 atom stereocenters. The average molecular weight is 463 g/mol. The second kappa shape index (κ2) is 8.05. The van der Waals surface area contributed by atoms with E-state index in [0.717, 1.165) is 24.5 Å². The van der Waals surface area contributed by atoms with Crippen LogP contribution < -0.4 is 4.90 Å². The first-order chi connectivity index (χ1) is 16.4. The van der Waals surface area contributed by atoms with Crippen LogP contribution in [0.25, 0.3) is 22.4 Å². The number of morpholine rings is 1. The molecular formula is C24H23F2N7O. The van der Waals surface area contributed by atoms with Crippen molar-refractivity contribution in [3.63, 3.8) is 0 Å². The molecular weight excluding hydrogens is 440 g/mol. The van der Waals surface area contributed by atoms with Gasteiger partial charge in [-0.15, -0.1) is 0 Å². The van der Waals surface area contributed by atoms with Gasteiger partial charge in [-0.2, -0.15) is 10.1 Å². The maximum atomic E-state index is 14.7. The van der Waals surface area contributed by atoms with Gasteiger partial charge in [0.2, 0.25) is 5.95 Å². The summed E-state index contributed by atoms with van der Waals surface area (Å²) in [5, 5.41) is 4.49. The molecule has 1 aliphatic heterocycles. The summed E-state index contributed by atoms with van der Waals surface area (Å²) in [5.41, 5.74) is 2.84. The lowest BCUT2D eigenvalue weighted by atomic mass is 10.1. The molecule has 3 aromatic heterocycles. The molecule has 0 spiro atoms. The lowest BCUT2D eigenvalue weighted by molar-refractivity contribution is -0.0178. The summed E-state index contributed by atoms with van der Waals surface area (Å²) >= 11 is 0. The standard InChI is InChI=1S/C24H23F2N7O/c1-13-8-27-22-21(18-6-3-16(25)7-19(18)26)30-24(31-23(22)29-13)32-10-14(2)34-20(12-32)15-9-28-33(11-15)17-4-5-17/h3,6-9,11,14,17,20H,4-5,10,12H2,1-2H3. The number of benzene rings is 1. The topological polar surface area (TPSA) is 81.9 Å². The number of aryl methyl sites for hydroxylation is 1.